The lowest BCUT2D eigenvalue weighted by molar-refractivity contribution is 0.112. The van der Waals surface area contributed by atoms with Gasteiger partial charge in [-0.1, -0.05) is 12.1 Å². The Labute approximate surface area is 155 Å². The highest BCUT2D eigenvalue weighted by molar-refractivity contribution is 5.88. The monoisotopic (exact) mass is 358 g/mol. The van der Waals surface area contributed by atoms with E-state index >= 15 is 0 Å². The number of rotatable bonds is 6. The number of anilines is 2. The molecule has 134 valence electrons. The van der Waals surface area contributed by atoms with Crippen LogP contribution in [0.5, 0.6) is 0 Å². The molecule has 0 radical (unpaired) electrons. The average Bonchev–Trinajstić information content (AvgIpc) is 3.07. The summed E-state index contributed by atoms with van der Waals surface area (Å²) in [5, 5.41) is 3.18. The Balaban J connectivity index is 1.63. The molecule has 0 aliphatic rings. The van der Waals surface area contributed by atoms with E-state index in [1.54, 1.807) is 6.20 Å². The first-order valence-electron chi connectivity index (χ1n) is 8.58. The first kappa shape index (κ1) is 16.7. The van der Waals surface area contributed by atoms with Crippen LogP contribution in [0.2, 0.25) is 0 Å². The molecule has 4 aromatic heterocycles. The van der Waals surface area contributed by atoms with Gasteiger partial charge in [-0.25, -0.2) is 9.97 Å². The van der Waals surface area contributed by atoms with Gasteiger partial charge < -0.3 is 15.5 Å². The summed E-state index contributed by atoms with van der Waals surface area (Å²) in [6.07, 6.45) is 6.57. The van der Waals surface area contributed by atoms with Gasteiger partial charge in [-0.3, -0.25) is 9.78 Å². The largest absolute Gasteiger partial charge is 0.383 e. The number of aldehydes is 1. The summed E-state index contributed by atoms with van der Waals surface area (Å²) >= 11 is 0. The van der Waals surface area contributed by atoms with Crippen molar-refractivity contribution in [1.82, 2.24) is 19.4 Å². The second kappa shape index (κ2) is 7.25. The molecule has 0 aliphatic heterocycles. The summed E-state index contributed by atoms with van der Waals surface area (Å²) in [6.45, 7) is 0.591. The van der Waals surface area contributed by atoms with E-state index in [1.807, 2.05) is 36.5 Å². The van der Waals surface area contributed by atoms with Crippen molar-refractivity contribution < 1.29 is 4.79 Å². The summed E-state index contributed by atoms with van der Waals surface area (Å²) in [4.78, 5) is 23.7. The second-order valence-electron chi connectivity index (χ2n) is 6.04. The first-order valence-corrected chi connectivity index (χ1v) is 8.58. The lowest BCUT2D eigenvalue weighted by Gasteiger charge is -2.09. The van der Waals surface area contributed by atoms with Crippen molar-refractivity contribution in [3.63, 3.8) is 0 Å². The number of nitrogens with zero attached hydrogens (tertiary/aromatic N) is 4. The number of nitrogen functional groups attached to an aromatic ring is 1. The fraction of sp³-hybridized carbons (Fsp3) is 0.100. The lowest BCUT2D eigenvalue weighted by atomic mass is 10.1. The number of hydrogen-bond donors (Lipinski definition) is 2. The summed E-state index contributed by atoms with van der Waals surface area (Å²) in [5.74, 6) is 0.618. The molecular weight excluding hydrogens is 340 g/mol. The standard InChI is InChI=1S/C20H18N6O/c21-19-16(12-27)20(25-13-24-19)23-9-7-14-11-15-5-2-4-10-26(15)18(14)17-6-1-3-8-22-17/h1-6,8,10-13H,7,9H2,(H3,21,23,24,25). The van der Waals surface area contributed by atoms with Crippen molar-refractivity contribution in [2.24, 2.45) is 0 Å². The Morgan fingerprint density at radius 3 is 2.81 bits per heavy atom. The zero-order valence-corrected chi connectivity index (χ0v) is 14.5. The van der Waals surface area contributed by atoms with Gasteiger partial charge in [-0.05, 0) is 42.3 Å². The number of pyridine rings is 2. The molecule has 0 aromatic carbocycles. The first-order chi connectivity index (χ1) is 13.3. The van der Waals surface area contributed by atoms with E-state index < -0.39 is 0 Å². The molecule has 0 amide bonds. The van der Waals surface area contributed by atoms with E-state index in [4.69, 9.17) is 5.73 Å². The van der Waals surface area contributed by atoms with Crippen LogP contribution in [0.3, 0.4) is 0 Å². The van der Waals surface area contributed by atoms with E-state index in [-0.39, 0.29) is 11.4 Å². The van der Waals surface area contributed by atoms with Gasteiger partial charge >= 0.3 is 0 Å². The molecule has 7 heteroatoms. The highest BCUT2D eigenvalue weighted by Crippen LogP contribution is 2.26. The Kier molecular flexibility index (Phi) is 4.49. The maximum absolute atomic E-state index is 11.2. The van der Waals surface area contributed by atoms with Crippen LogP contribution >= 0.6 is 0 Å². The molecule has 0 aliphatic carbocycles. The molecule has 4 rings (SSSR count). The zero-order chi connectivity index (χ0) is 18.6. The Hall–Kier alpha value is -3.74. The van der Waals surface area contributed by atoms with Crippen LogP contribution in [0.4, 0.5) is 11.6 Å². The SMILES string of the molecule is Nc1ncnc(NCCc2cc3ccccn3c2-c2ccccn2)c1C=O. The summed E-state index contributed by atoms with van der Waals surface area (Å²) in [6, 6.07) is 14.1. The molecule has 4 aromatic rings. The van der Waals surface area contributed by atoms with Crippen molar-refractivity contribution in [2.45, 2.75) is 6.42 Å². The smallest absolute Gasteiger partial charge is 0.157 e. The number of nitrogens with one attached hydrogen (secondary N) is 1. The van der Waals surface area contributed by atoms with E-state index in [1.165, 1.54) is 6.33 Å². The molecule has 4 heterocycles. The predicted octanol–water partition coefficient (Wildman–Crippen LogP) is 2.84. The normalized spacial score (nSPS) is 10.8. The molecule has 0 unspecified atom stereocenters. The van der Waals surface area contributed by atoms with Crippen LogP contribution in [-0.4, -0.2) is 32.2 Å². The lowest BCUT2D eigenvalue weighted by Crippen LogP contribution is -2.11. The third-order valence-corrected chi connectivity index (χ3v) is 4.39. The number of carbonyl (C=O) groups is 1. The van der Waals surface area contributed by atoms with Gasteiger partial charge in [0, 0.05) is 24.5 Å². The number of nitrogens with two attached hydrogens (primary N) is 1. The Morgan fingerprint density at radius 2 is 2.00 bits per heavy atom. The van der Waals surface area contributed by atoms with E-state index in [0.29, 0.717) is 18.6 Å². The Morgan fingerprint density at radius 1 is 1.11 bits per heavy atom. The number of hydrogen-bond acceptors (Lipinski definition) is 6. The van der Waals surface area contributed by atoms with Gasteiger partial charge in [-0.2, -0.15) is 0 Å². The topological polar surface area (TPSA) is 98.2 Å². The summed E-state index contributed by atoms with van der Waals surface area (Å²) in [7, 11) is 0. The highest BCUT2D eigenvalue weighted by Gasteiger charge is 2.13. The van der Waals surface area contributed by atoms with Gasteiger partial charge in [0.2, 0.25) is 0 Å². The van der Waals surface area contributed by atoms with Gasteiger partial charge in [-0.15, -0.1) is 0 Å². The second-order valence-corrected chi connectivity index (χ2v) is 6.04. The third kappa shape index (κ3) is 3.22. The van der Waals surface area contributed by atoms with Gasteiger partial charge in [0.15, 0.2) is 6.29 Å². The maximum atomic E-state index is 11.2. The maximum Gasteiger partial charge on any atom is 0.157 e. The number of fused-ring (bicyclic) bond motifs is 1. The molecule has 0 fully saturated rings. The molecule has 0 spiro atoms. The van der Waals surface area contributed by atoms with Crippen molar-refractivity contribution in [3.8, 4) is 11.4 Å². The van der Waals surface area contributed by atoms with E-state index in [0.717, 1.165) is 28.9 Å². The highest BCUT2D eigenvalue weighted by atomic mass is 16.1. The van der Waals surface area contributed by atoms with Crippen molar-refractivity contribution in [2.75, 3.05) is 17.6 Å². The summed E-state index contributed by atoms with van der Waals surface area (Å²) in [5.41, 5.74) is 10.2. The van der Waals surface area contributed by atoms with Crippen LogP contribution in [0.1, 0.15) is 15.9 Å². The molecule has 0 saturated heterocycles. The van der Waals surface area contributed by atoms with Gasteiger partial charge in [0.25, 0.3) is 0 Å². The third-order valence-electron chi connectivity index (χ3n) is 4.39. The van der Waals surface area contributed by atoms with Crippen molar-refractivity contribution >= 4 is 23.4 Å². The molecule has 0 saturated carbocycles. The zero-order valence-electron chi connectivity index (χ0n) is 14.5. The van der Waals surface area contributed by atoms with Gasteiger partial charge in [0.1, 0.15) is 18.0 Å². The fourth-order valence-corrected chi connectivity index (χ4v) is 3.14. The predicted molar refractivity (Wildman–Crippen MR) is 105 cm³/mol. The van der Waals surface area contributed by atoms with Crippen LogP contribution < -0.4 is 11.1 Å². The van der Waals surface area contributed by atoms with E-state index in [9.17, 15) is 4.79 Å². The van der Waals surface area contributed by atoms with Crippen LogP contribution in [0.15, 0.2) is 61.2 Å². The van der Waals surface area contributed by atoms with E-state index in [2.05, 4.69) is 36.8 Å². The van der Waals surface area contributed by atoms with Crippen molar-refractivity contribution in [3.05, 3.63) is 72.3 Å². The Bertz CT molecular complexity index is 1090. The molecule has 0 bridgehead atoms. The minimum absolute atomic E-state index is 0.172. The van der Waals surface area contributed by atoms with Crippen molar-refractivity contribution in [1.29, 1.82) is 0 Å². The molecular formula is C20H18N6O. The minimum atomic E-state index is 0.172. The van der Waals surface area contributed by atoms with Crippen LogP contribution in [-0.2, 0) is 6.42 Å². The minimum Gasteiger partial charge on any atom is -0.383 e. The van der Waals surface area contributed by atoms with Gasteiger partial charge in [0.05, 0.1) is 17.0 Å². The fourth-order valence-electron chi connectivity index (χ4n) is 3.14. The molecule has 3 N–H and O–H groups in total. The molecule has 7 nitrogen and oxygen atoms in total. The average molecular weight is 358 g/mol. The molecule has 0 atom stereocenters. The quantitative estimate of drug-likeness (QED) is 0.514. The van der Waals surface area contributed by atoms with Crippen LogP contribution in [0, 0.1) is 0 Å². The number of aromatic nitrogens is 4. The number of carbonyl (C=O) groups excluding carboxylic acids is 1. The molecule has 27 heavy (non-hydrogen) atoms. The van der Waals surface area contributed by atoms with Crippen LogP contribution in [0.25, 0.3) is 16.9 Å². The summed E-state index contributed by atoms with van der Waals surface area (Å²) < 4.78 is 2.14.